The first-order chi connectivity index (χ1) is 12.2. The molecular weight excluding hydrogens is 340 g/mol. The van der Waals surface area contributed by atoms with Crippen molar-refractivity contribution in [2.24, 2.45) is 0 Å². The van der Waals surface area contributed by atoms with E-state index in [2.05, 4.69) is 9.97 Å². The van der Waals surface area contributed by atoms with Crippen molar-refractivity contribution in [2.45, 2.75) is 19.8 Å². The van der Waals surface area contributed by atoms with E-state index < -0.39 is 0 Å². The molecule has 3 rings (SSSR count). The lowest BCUT2D eigenvalue weighted by atomic mass is 10.3. The summed E-state index contributed by atoms with van der Waals surface area (Å²) < 4.78 is 5.23. The second kappa shape index (κ2) is 8.17. The summed E-state index contributed by atoms with van der Waals surface area (Å²) in [5, 5.41) is 5.48. The summed E-state index contributed by atoms with van der Waals surface area (Å²) in [5.41, 5.74) is 1.23. The minimum Gasteiger partial charge on any atom is -0.381 e. The monoisotopic (exact) mass is 360 g/mol. The molecule has 1 saturated heterocycles. The fraction of sp³-hybridized carbons (Fsp3) is 0.412. The van der Waals surface area contributed by atoms with Crippen LogP contribution < -0.4 is 0 Å². The molecule has 0 atom stereocenters. The fourth-order valence-electron chi connectivity index (χ4n) is 2.64. The van der Waals surface area contributed by atoms with Gasteiger partial charge in [-0.3, -0.25) is 19.6 Å². The molecule has 0 aromatic carbocycles. The molecule has 0 aliphatic carbocycles. The molecule has 0 N–H and O–H groups in total. The molecule has 2 amide bonds. The van der Waals surface area contributed by atoms with Crippen LogP contribution in [0.4, 0.5) is 0 Å². The predicted octanol–water partition coefficient (Wildman–Crippen LogP) is 2.22. The van der Waals surface area contributed by atoms with Gasteiger partial charge in [-0.1, -0.05) is 0 Å². The molecule has 0 bridgehead atoms. The van der Waals surface area contributed by atoms with E-state index in [9.17, 15) is 9.59 Å². The van der Waals surface area contributed by atoms with Gasteiger partial charge in [0.15, 0.2) is 0 Å². The van der Waals surface area contributed by atoms with Gasteiger partial charge in [-0.15, -0.1) is 11.3 Å². The summed E-state index contributed by atoms with van der Waals surface area (Å²) in [6.45, 7) is 3.91. The second-order valence-corrected chi connectivity index (χ2v) is 6.38. The zero-order valence-corrected chi connectivity index (χ0v) is 14.9. The summed E-state index contributed by atoms with van der Waals surface area (Å²) >= 11 is 1.39. The smallest absolute Gasteiger partial charge is 0.291 e. The molecule has 7 nitrogen and oxygen atoms in total. The molecule has 8 heteroatoms. The van der Waals surface area contributed by atoms with Crippen molar-refractivity contribution in [3.63, 3.8) is 0 Å². The van der Waals surface area contributed by atoms with Crippen LogP contribution in [-0.4, -0.2) is 58.1 Å². The quantitative estimate of drug-likeness (QED) is 0.739. The number of hydrogen-bond donors (Lipinski definition) is 0. The highest BCUT2D eigenvalue weighted by molar-refractivity contribution is 7.13. The standard InChI is InChI=1S/C17H20N4O3S/c1-2-24-10-6-15(22)20-8-4-9-21(20)17(23)14-12-25-16(19-14)13-5-3-7-18-11-13/h3,5,7,11-12H,2,4,6,8-10H2,1H3. The van der Waals surface area contributed by atoms with Crippen molar-refractivity contribution in [3.8, 4) is 10.6 Å². The molecule has 0 unspecified atom stereocenters. The van der Waals surface area contributed by atoms with Crippen LogP contribution in [0.2, 0.25) is 0 Å². The van der Waals surface area contributed by atoms with Crippen molar-refractivity contribution in [1.29, 1.82) is 0 Å². The Morgan fingerprint density at radius 1 is 1.32 bits per heavy atom. The van der Waals surface area contributed by atoms with Gasteiger partial charge < -0.3 is 4.74 Å². The molecule has 1 fully saturated rings. The summed E-state index contributed by atoms with van der Waals surface area (Å²) in [5.74, 6) is -0.337. The first-order valence-corrected chi connectivity index (χ1v) is 9.14. The second-order valence-electron chi connectivity index (χ2n) is 5.53. The Labute approximate surface area is 150 Å². The summed E-state index contributed by atoms with van der Waals surface area (Å²) in [6.07, 6.45) is 4.45. The summed E-state index contributed by atoms with van der Waals surface area (Å²) in [4.78, 5) is 33.6. The third-order valence-electron chi connectivity index (χ3n) is 3.85. The first kappa shape index (κ1) is 17.5. The van der Waals surface area contributed by atoms with Crippen molar-refractivity contribution in [3.05, 3.63) is 35.6 Å². The van der Waals surface area contributed by atoms with Gasteiger partial charge in [-0.25, -0.2) is 9.99 Å². The van der Waals surface area contributed by atoms with Crippen LogP contribution in [0.3, 0.4) is 0 Å². The van der Waals surface area contributed by atoms with Gasteiger partial charge in [0.25, 0.3) is 5.91 Å². The topological polar surface area (TPSA) is 75.6 Å². The molecule has 2 aromatic heterocycles. The number of pyridine rings is 1. The highest BCUT2D eigenvalue weighted by atomic mass is 32.1. The number of rotatable bonds is 6. The molecular formula is C17H20N4O3S. The lowest BCUT2D eigenvalue weighted by Crippen LogP contribution is -2.45. The fourth-order valence-corrected chi connectivity index (χ4v) is 3.43. The molecule has 132 valence electrons. The van der Waals surface area contributed by atoms with Gasteiger partial charge in [0, 0.05) is 43.0 Å². The third-order valence-corrected chi connectivity index (χ3v) is 4.74. The van der Waals surface area contributed by atoms with Gasteiger partial charge in [-0.2, -0.15) is 0 Å². The molecule has 1 aliphatic heterocycles. The SMILES string of the molecule is CCOCCC(=O)N1CCCN1C(=O)c1csc(-c2cccnc2)n1. The normalized spacial score (nSPS) is 14.1. The zero-order chi connectivity index (χ0) is 17.6. The minimum absolute atomic E-state index is 0.0954. The first-order valence-electron chi connectivity index (χ1n) is 8.26. The van der Waals surface area contributed by atoms with Crippen molar-refractivity contribution in [1.82, 2.24) is 20.0 Å². The van der Waals surface area contributed by atoms with E-state index in [0.29, 0.717) is 32.0 Å². The number of aromatic nitrogens is 2. The van der Waals surface area contributed by atoms with Crippen LogP contribution in [0.25, 0.3) is 10.6 Å². The van der Waals surface area contributed by atoms with Gasteiger partial charge in [-0.05, 0) is 25.5 Å². The van der Waals surface area contributed by atoms with Crippen LogP contribution in [0.5, 0.6) is 0 Å². The average Bonchev–Trinajstić information content (AvgIpc) is 3.32. The molecule has 3 heterocycles. The van der Waals surface area contributed by atoms with Crippen LogP contribution in [0, 0.1) is 0 Å². The third kappa shape index (κ3) is 4.02. The van der Waals surface area contributed by atoms with Crippen molar-refractivity contribution < 1.29 is 14.3 Å². The Bertz CT molecular complexity index is 735. The molecule has 0 saturated carbocycles. The number of thiazole rings is 1. The Hall–Kier alpha value is -2.32. The lowest BCUT2D eigenvalue weighted by molar-refractivity contribution is -0.141. The van der Waals surface area contributed by atoms with Crippen LogP contribution >= 0.6 is 11.3 Å². The van der Waals surface area contributed by atoms with Crippen molar-refractivity contribution >= 4 is 23.2 Å². The maximum absolute atomic E-state index is 12.8. The van der Waals surface area contributed by atoms with E-state index in [1.807, 2.05) is 19.1 Å². The lowest BCUT2D eigenvalue weighted by Gasteiger charge is -2.27. The van der Waals surface area contributed by atoms with Gasteiger partial charge in [0.2, 0.25) is 5.91 Å². The van der Waals surface area contributed by atoms with Gasteiger partial charge in [0.05, 0.1) is 13.0 Å². The Balaban J connectivity index is 1.69. The molecule has 2 aromatic rings. The number of ether oxygens (including phenoxy) is 1. The van der Waals surface area contributed by atoms with E-state index in [4.69, 9.17) is 4.74 Å². The van der Waals surface area contributed by atoms with E-state index in [0.717, 1.165) is 17.0 Å². The van der Waals surface area contributed by atoms with E-state index in [1.54, 1.807) is 17.8 Å². The van der Waals surface area contributed by atoms with E-state index >= 15 is 0 Å². The summed E-state index contributed by atoms with van der Waals surface area (Å²) in [7, 11) is 0. The molecule has 0 spiro atoms. The Morgan fingerprint density at radius 2 is 2.16 bits per heavy atom. The van der Waals surface area contributed by atoms with E-state index in [1.165, 1.54) is 21.4 Å². The highest BCUT2D eigenvalue weighted by Crippen LogP contribution is 2.24. The molecule has 25 heavy (non-hydrogen) atoms. The number of amides is 2. The number of carbonyl (C=O) groups excluding carboxylic acids is 2. The predicted molar refractivity (Wildman–Crippen MR) is 93.8 cm³/mol. The maximum atomic E-state index is 12.8. The van der Waals surface area contributed by atoms with Crippen molar-refractivity contribution in [2.75, 3.05) is 26.3 Å². The average molecular weight is 360 g/mol. The molecule has 1 aliphatic rings. The number of nitrogens with zero attached hydrogens (tertiary/aromatic N) is 4. The number of hydrazine groups is 1. The number of carbonyl (C=O) groups is 2. The van der Waals surface area contributed by atoms with Crippen LogP contribution in [0.15, 0.2) is 29.9 Å². The Morgan fingerprint density at radius 3 is 2.92 bits per heavy atom. The van der Waals surface area contributed by atoms with Gasteiger partial charge >= 0.3 is 0 Å². The Kier molecular flexibility index (Phi) is 5.72. The summed E-state index contributed by atoms with van der Waals surface area (Å²) in [6, 6.07) is 3.73. The molecule has 0 radical (unpaired) electrons. The van der Waals surface area contributed by atoms with E-state index in [-0.39, 0.29) is 18.2 Å². The zero-order valence-electron chi connectivity index (χ0n) is 14.1. The largest absolute Gasteiger partial charge is 0.381 e. The van der Waals surface area contributed by atoms with Crippen LogP contribution in [-0.2, 0) is 9.53 Å². The van der Waals surface area contributed by atoms with Crippen LogP contribution in [0.1, 0.15) is 30.3 Å². The number of hydrogen-bond acceptors (Lipinski definition) is 6. The van der Waals surface area contributed by atoms with Gasteiger partial charge in [0.1, 0.15) is 10.7 Å². The highest BCUT2D eigenvalue weighted by Gasteiger charge is 2.32. The maximum Gasteiger partial charge on any atom is 0.291 e. The minimum atomic E-state index is -0.242.